The first-order chi connectivity index (χ1) is 16.1. The Bertz CT molecular complexity index is 1510. The molecule has 3 aromatic carbocycles. The van der Waals surface area contributed by atoms with Gasteiger partial charge < -0.3 is 10.1 Å². The van der Waals surface area contributed by atoms with Crippen molar-refractivity contribution < 1.29 is 17.9 Å². The van der Waals surface area contributed by atoms with Crippen molar-refractivity contribution in [3.05, 3.63) is 81.7 Å². The first-order valence-corrected chi connectivity index (χ1v) is 13.0. The van der Waals surface area contributed by atoms with Gasteiger partial charge in [-0.2, -0.15) is 0 Å². The molecule has 0 saturated heterocycles. The second kappa shape index (κ2) is 9.29. The maximum atomic E-state index is 13.4. The molecule has 0 aliphatic heterocycles. The minimum Gasteiger partial charge on any atom is -0.495 e. The van der Waals surface area contributed by atoms with Crippen molar-refractivity contribution in [1.82, 2.24) is 0 Å². The number of benzene rings is 3. The normalized spacial score (nSPS) is 11.4. The molecule has 4 aromatic rings. The minimum atomic E-state index is -3.87. The van der Waals surface area contributed by atoms with Crippen LogP contribution in [0.1, 0.15) is 20.8 Å². The number of fused-ring (bicyclic) bond motifs is 1. The van der Waals surface area contributed by atoms with Crippen LogP contribution in [-0.4, -0.2) is 28.5 Å². The molecule has 0 bridgehead atoms. The molecule has 0 aliphatic carbocycles. The Balaban J connectivity index is 1.65. The van der Waals surface area contributed by atoms with E-state index in [4.69, 9.17) is 16.3 Å². The van der Waals surface area contributed by atoms with Crippen molar-refractivity contribution in [2.24, 2.45) is 0 Å². The molecule has 0 spiro atoms. The van der Waals surface area contributed by atoms with Crippen LogP contribution in [0.25, 0.3) is 10.1 Å². The molecule has 4 rings (SSSR count). The average Bonchev–Trinajstić information content (AvgIpc) is 3.25. The quantitative estimate of drug-likeness (QED) is 0.329. The van der Waals surface area contributed by atoms with Crippen LogP contribution >= 0.6 is 22.9 Å². The predicted molar refractivity (Wildman–Crippen MR) is 139 cm³/mol. The fourth-order valence-corrected chi connectivity index (χ4v) is 6.08. The van der Waals surface area contributed by atoms with Crippen LogP contribution in [0.5, 0.6) is 5.75 Å². The molecule has 1 aromatic heterocycles. The SMILES string of the molecule is COc1ccc(C)cc1S(=O)(=O)N(C)c1ccc2sc(C(=O)Nc3cccc(Cl)c3C)cc2c1. The van der Waals surface area contributed by atoms with Gasteiger partial charge in [0.15, 0.2) is 0 Å². The van der Waals surface area contributed by atoms with Gasteiger partial charge in [0.25, 0.3) is 15.9 Å². The number of aryl methyl sites for hydroxylation is 1. The number of nitrogens with zero attached hydrogens (tertiary/aromatic N) is 1. The summed E-state index contributed by atoms with van der Waals surface area (Å²) < 4.78 is 34.1. The zero-order chi connectivity index (χ0) is 24.6. The van der Waals surface area contributed by atoms with Gasteiger partial charge in [-0.1, -0.05) is 23.7 Å². The summed E-state index contributed by atoms with van der Waals surface area (Å²) in [6, 6.07) is 17.4. The van der Waals surface area contributed by atoms with Crippen LogP contribution < -0.4 is 14.4 Å². The van der Waals surface area contributed by atoms with Crippen LogP contribution in [-0.2, 0) is 10.0 Å². The first kappa shape index (κ1) is 24.1. The van der Waals surface area contributed by atoms with Crippen LogP contribution in [0, 0.1) is 13.8 Å². The number of anilines is 2. The topological polar surface area (TPSA) is 75.7 Å². The van der Waals surface area contributed by atoms with Crippen LogP contribution in [0.3, 0.4) is 0 Å². The Hall–Kier alpha value is -3.07. The number of halogens is 1. The molecule has 1 N–H and O–H groups in total. The number of hydrogen-bond acceptors (Lipinski definition) is 5. The highest BCUT2D eigenvalue weighted by atomic mass is 35.5. The molecule has 176 valence electrons. The zero-order valence-corrected chi connectivity index (χ0v) is 21.4. The Labute approximate surface area is 207 Å². The van der Waals surface area contributed by atoms with E-state index in [1.54, 1.807) is 54.6 Å². The Morgan fingerprint density at radius 1 is 1.06 bits per heavy atom. The summed E-state index contributed by atoms with van der Waals surface area (Å²) in [4.78, 5) is 13.5. The van der Waals surface area contributed by atoms with Gasteiger partial charge in [0.05, 0.1) is 17.7 Å². The van der Waals surface area contributed by atoms with E-state index >= 15 is 0 Å². The highest BCUT2D eigenvalue weighted by molar-refractivity contribution is 7.93. The minimum absolute atomic E-state index is 0.0971. The number of ether oxygens (including phenoxy) is 1. The molecular formula is C25H23ClN2O4S2. The number of sulfonamides is 1. The molecule has 0 saturated carbocycles. The van der Waals surface area contributed by atoms with Crippen LogP contribution in [0.4, 0.5) is 11.4 Å². The van der Waals surface area contributed by atoms with Gasteiger partial charge in [0.2, 0.25) is 0 Å². The van der Waals surface area contributed by atoms with Gasteiger partial charge in [-0.25, -0.2) is 8.42 Å². The zero-order valence-electron chi connectivity index (χ0n) is 19.0. The average molecular weight is 515 g/mol. The Kier molecular flexibility index (Phi) is 6.58. The number of rotatable bonds is 6. The fourth-order valence-electron chi connectivity index (χ4n) is 3.54. The lowest BCUT2D eigenvalue weighted by Crippen LogP contribution is -2.27. The van der Waals surface area contributed by atoms with Crippen molar-refractivity contribution in [2.75, 3.05) is 23.8 Å². The van der Waals surface area contributed by atoms with Gasteiger partial charge in [-0.15, -0.1) is 11.3 Å². The lowest BCUT2D eigenvalue weighted by molar-refractivity contribution is 0.103. The van der Waals surface area contributed by atoms with Crippen molar-refractivity contribution in [2.45, 2.75) is 18.7 Å². The molecule has 0 aliphatic rings. The Morgan fingerprint density at radius 2 is 1.82 bits per heavy atom. The van der Waals surface area contributed by atoms with E-state index in [-0.39, 0.29) is 16.6 Å². The molecule has 0 atom stereocenters. The molecular weight excluding hydrogens is 492 g/mol. The lowest BCUT2D eigenvalue weighted by Gasteiger charge is -2.21. The third-order valence-corrected chi connectivity index (χ3v) is 8.89. The predicted octanol–water partition coefficient (Wildman–Crippen LogP) is 6.26. The monoisotopic (exact) mass is 514 g/mol. The van der Waals surface area contributed by atoms with E-state index in [1.807, 2.05) is 19.9 Å². The smallest absolute Gasteiger partial charge is 0.267 e. The van der Waals surface area contributed by atoms with E-state index in [2.05, 4.69) is 5.32 Å². The second-order valence-corrected chi connectivity index (χ2v) is 11.3. The lowest BCUT2D eigenvalue weighted by atomic mass is 10.2. The van der Waals surface area contributed by atoms with E-state index in [0.29, 0.717) is 21.3 Å². The standard InChI is InChI=1S/C25H23ClN2O4S2/c1-15-8-10-21(32-4)24(12-15)34(30,31)28(3)18-9-11-22-17(13-18)14-23(33-22)25(29)27-20-7-5-6-19(26)16(20)2/h5-14H,1-4H3,(H,27,29). The summed E-state index contributed by atoms with van der Waals surface area (Å²) in [6.45, 7) is 3.67. The highest BCUT2D eigenvalue weighted by Gasteiger charge is 2.26. The number of nitrogens with one attached hydrogen (secondary N) is 1. The van der Waals surface area contributed by atoms with E-state index in [9.17, 15) is 13.2 Å². The molecule has 1 heterocycles. The molecule has 0 unspecified atom stereocenters. The molecule has 34 heavy (non-hydrogen) atoms. The van der Waals surface area contributed by atoms with Gasteiger partial charge in [-0.3, -0.25) is 9.10 Å². The number of carbonyl (C=O) groups is 1. The summed E-state index contributed by atoms with van der Waals surface area (Å²) in [7, 11) is -0.922. The highest BCUT2D eigenvalue weighted by Crippen LogP contribution is 2.34. The summed E-state index contributed by atoms with van der Waals surface area (Å²) in [5, 5.41) is 4.25. The molecule has 0 fully saturated rings. The van der Waals surface area contributed by atoms with E-state index in [1.165, 1.54) is 29.8 Å². The maximum absolute atomic E-state index is 13.4. The molecule has 0 radical (unpaired) electrons. The van der Waals surface area contributed by atoms with Crippen LogP contribution in [0.2, 0.25) is 5.02 Å². The van der Waals surface area contributed by atoms with E-state index < -0.39 is 10.0 Å². The molecule has 6 nitrogen and oxygen atoms in total. The van der Waals surface area contributed by atoms with Crippen molar-refractivity contribution in [3.8, 4) is 5.75 Å². The Morgan fingerprint density at radius 3 is 2.56 bits per heavy atom. The van der Waals surface area contributed by atoms with Gasteiger partial charge in [-0.05, 0) is 78.9 Å². The summed E-state index contributed by atoms with van der Waals surface area (Å²) >= 11 is 7.49. The molecule has 9 heteroatoms. The summed E-state index contributed by atoms with van der Waals surface area (Å²) in [6.07, 6.45) is 0. The summed E-state index contributed by atoms with van der Waals surface area (Å²) in [5.74, 6) is 0.0305. The number of amides is 1. The van der Waals surface area contributed by atoms with Gasteiger partial charge in [0, 0.05) is 22.5 Å². The third-order valence-electron chi connectivity index (χ3n) is 5.56. The number of carbonyl (C=O) groups excluding carboxylic acids is 1. The van der Waals surface area contributed by atoms with Crippen molar-refractivity contribution in [3.63, 3.8) is 0 Å². The third kappa shape index (κ3) is 4.49. The summed E-state index contributed by atoms with van der Waals surface area (Å²) in [5.41, 5.74) is 2.73. The fraction of sp³-hybridized carbons (Fsp3) is 0.160. The van der Waals surface area contributed by atoms with Crippen molar-refractivity contribution >= 4 is 60.3 Å². The van der Waals surface area contributed by atoms with Crippen LogP contribution in [0.15, 0.2) is 65.6 Å². The number of hydrogen-bond donors (Lipinski definition) is 1. The van der Waals surface area contributed by atoms with Gasteiger partial charge >= 0.3 is 0 Å². The number of methoxy groups -OCH3 is 1. The van der Waals surface area contributed by atoms with Gasteiger partial charge in [0.1, 0.15) is 10.6 Å². The first-order valence-electron chi connectivity index (χ1n) is 10.4. The van der Waals surface area contributed by atoms with Crippen molar-refractivity contribution in [1.29, 1.82) is 0 Å². The van der Waals surface area contributed by atoms with E-state index in [0.717, 1.165) is 21.2 Å². The maximum Gasteiger partial charge on any atom is 0.267 e. The second-order valence-electron chi connectivity index (χ2n) is 7.83. The number of thiophene rings is 1. The largest absolute Gasteiger partial charge is 0.495 e. The molecule has 1 amide bonds.